The fraction of sp³-hybridized carbons (Fsp3) is 0. The summed E-state index contributed by atoms with van der Waals surface area (Å²) in [6, 6.07) is 3.09. The van der Waals surface area contributed by atoms with Crippen LogP contribution >= 0.6 is 12.2 Å². The highest BCUT2D eigenvalue weighted by Gasteiger charge is 2.07. The molecule has 6 heteroatoms. The number of H-pyrrole nitrogens is 2. The van der Waals surface area contributed by atoms with Gasteiger partial charge in [-0.3, -0.25) is 0 Å². The van der Waals surface area contributed by atoms with Crippen LogP contribution in [0.2, 0.25) is 0 Å². The molecule has 2 aromatic rings. The van der Waals surface area contributed by atoms with Gasteiger partial charge in [0.05, 0.1) is 0 Å². The van der Waals surface area contributed by atoms with Gasteiger partial charge in [0.1, 0.15) is 16.2 Å². The van der Waals surface area contributed by atoms with E-state index in [4.69, 9.17) is 17.3 Å². The number of aromatic nitrogens is 3. The number of carboxylic acid groups (broad SMARTS) is 1. The van der Waals surface area contributed by atoms with Gasteiger partial charge in [-0.25, -0.2) is 9.78 Å². The normalized spacial score (nSPS) is 10.1. The van der Waals surface area contributed by atoms with Crippen LogP contribution in [-0.4, -0.2) is 26.0 Å². The molecule has 0 bridgehead atoms. The lowest BCUT2D eigenvalue weighted by atomic mass is 10.3. The largest absolute Gasteiger partial charge is 0.477 e. The maximum absolute atomic E-state index is 10.8. The van der Waals surface area contributed by atoms with Crippen molar-refractivity contribution in [2.75, 3.05) is 0 Å². The molecule has 0 saturated heterocycles. The van der Waals surface area contributed by atoms with Crippen molar-refractivity contribution >= 4 is 18.2 Å². The molecular formula is C9H7N3O2S. The third kappa shape index (κ3) is 1.94. The Labute approximate surface area is 89.8 Å². The minimum absolute atomic E-state index is 0.0335. The van der Waals surface area contributed by atoms with Gasteiger partial charge < -0.3 is 15.1 Å². The lowest BCUT2D eigenvalue weighted by molar-refractivity contribution is 0.0690. The lowest BCUT2D eigenvalue weighted by Crippen LogP contribution is -2.02. The number of aromatic amines is 2. The standard InChI is InChI=1S/C9H7N3O2S/c13-9(14)6-3-7(15)12-8(11-6)5-1-2-10-4-5/h1-4,10H,(H,13,14)(H,11,12,15). The summed E-state index contributed by atoms with van der Waals surface area (Å²) in [7, 11) is 0. The Kier molecular flexibility index (Phi) is 2.34. The monoisotopic (exact) mass is 221 g/mol. The van der Waals surface area contributed by atoms with Crippen molar-refractivity contribution in [2.45, 2.75) is 0 Å². The number of nitrogens with one attached hydrogen (secondary N) is 2. The molecule has 0 aliphatic heterocycles. The van der Waals surface area contributed by atoms with Crippen LogP contribution in [0.15, 0.2) is 24.5 Å². The van der Waals surface area contributed by atoms with E-state index in [2.05, 4.69) is 15.0 Å². The van der Waals surface area contributed by atoms with Gasteiger partial charge in [0, 0.05) is 24.0 Å². The van der Waals surface area contributed by atoms with Gasteiger partial charge in [-0.1, -0.05) is 12.2 Å². The first kappa shape index (κ1) is 9.60. The number of aromatic carboxylic acids is 1. The summed E-state index contributed by atoms with van der Waals surface area (Å²) in [5, 5.41) is 8.82. The summed E-state index contributed by atoms with van der Waals surface area (Å²) in [5.41, 5.74) is 0.801. The SMILES string of the molecule is O=C(O)c1cc(=S)nc(-c2cc[nH]c2)[nH]1. The fourth-order valence-electron chi connectivity index (χ4n) is 1.18. The van der Waals surface area contributed by atoms with Crippen LogP contribution in [0.3, 0.4) is 0 Å². The smallest absolute Gasteiger partial charge is 0.352 e. The Bertz CT molecular complexity index is 545. The Morgan fingerprint density at radius 1 is 1.53 bits per heavy atom. The van der Waals surface area contributed by atoms with E-state index < -0.39 is 5.97 Å². The highest BCUT2D eigenvalue weighted by atomic mass is 32.1. The third-order valence-electron chi connectivity index (χ3n) is 1.84. The summed E-state index contributed by atoms with van der Waals surface area (Å²) in [6.07, 6.45) is 3.43. The molecule has 0 aromatic carbocycles. The van der Waals surface area contributed by atoms with Crippen LogP contribution < -0.4 is 0 Å². The molecule has 0 fully saturated rings. The van der Waals surface area contributed by atoms with Crippen molar-refractivity contribution in [3.8, 4) is 11.4 Å². The Balaban J connectivity index is 2.59. The maximum atomic E-state index is 10.8. The molecule has 3 N–H and O–H groups in total. The van der Waals surface area contributed by atoms with Crippen LogP contribution in [0.5, 0.6) is 0 Å². The summed E-state index contributed by atoms with van der Waals surface area (Å²) >= 11 is 4.88. The summed E-state index contributed by atoms with van der Waals surface area (Å²) in [6.45, 7) is 0. The van der Waals surface area contributed by atoms with Crippen LogP contribution in [0.25, 0.3) is 11.4 Å². The zero-order valence-corrected chi connectivity index (χ0v) is 8.34. The highest BCUT2D eigenvalue weighted by Crippen LogP contribution is 2.13. The molecule has 0 saturated carbocycles. The zero-order chi connectivity index (χ0) is 10.8. The van der Waals surface area contributed by atoms with Crippen molar-refractivity contribution in [3.05, 3.63) is 34.9 Å². The van der Waals surface area contributed by atoms with E-state index >= 15 is 0 Å². The second-order valence-electron chi connectivity index (χ2n) is 2.89. The van der Waals surface area contributed by atoms with Gasteiger partial charge in [-0.15, -0.1) is 0 Å². The summed E-state index contributed by atoms with van der Waals surface area (Å²) < 4.78 is 0.252. The Morgan fingerprint density at radius 2 is 2.33 bits per heavy atom. The van der Waals surface area contributed by atoms with Crippen molar-refractivity contribution < 1.29 is 9.90 Å². The average Bonchev–Trinajstić information content (AvgIpc) is 2.69. The fourth-order valence-corrected chi connectivity index (χ4v) is 1.39. The molecule has 5 nitrogen and oxygen atoms in total. The number of hydrogen-bond donors (Lipinski definition) is 3. The molecular weight excluding hydrogens is 214 g/mol. The second kappa shape index (κ2) is 3.66. The zero-order valence-electron chi connectivity index (χ0n) is 7.52. The molecule has 0 radical (unpaired) electrons. The number of carboxylic acids is 1. The van der Waals surface area contributed by atoms with E-state index in [0.29, 0.717) is 5.82 Å². The third-order valence-corrected chi connectivity index (χ3v) is 2.05. The van der Waals surface area contributed by atoms with Crippen molar-refractivity contribution in [1.82, 2.24) is 15.0 Å². The molecule has 0 spiro atoms. The first-order chi connectivity index (χ1) is 7.16. The predicted molar refractivity (Wildman–Crippen MR) is 56.2 cm³/mol. The molecule has 0 aliphatic rings. The van der Waals surface area contributed by atoms with Crippen molar-refractivity contribution in [3.63, 3.8) is 0 Å². The topological polar surface area (TPSA) is 81.8 Å². The van der Waals surface area contributed by atoms with Gasteiger partial charge in [0.15, 0.2) is 0 Å². The lowest BCUT2D eigenvalue weighted by Gasteiger charge is -1.99. The molecule has 2 heterocycles. The molecule has 2 rings (SSSR count). The number of rotatable bonds is 2. The average molecular weight is 221 g/mol. The van der Waals surface area contributed by atoms with E-state index in [1.54, 1.807) is 18.5 Å². The first-order valence-corrected chi connectivity index (χ1v) is 4.55. The quantitative estimate of drug-likeness (QED) is 0.676. The van der Waals surface area contributed by atoms with Crippen LogP contribution in [0.1, 0.15) is 10.5 Å². The Morgan fingerprint density at radius 3 is 2.93 bits per heavy atom. The first-order valence-electron chi connectivity index (χ1n) is 4.14. The number of hydrogen-bond acceptors (Lipinski definition) is 3. The molecule has 0 aliphatic carbocycles. The van der Waals surface area contributed by atoms with E-state index in [-0.39, 0.29) is 10.3 Å². The highest BCUT2D eigenvalue weighted by molar-refractivity contribution is 7.71. The van der Waals surface area contributed by atoms with Crippen LogP contribution in [0, 0.1) is 4.64 Å². The van der Waals surface area contributed by atoms with Gasteiger partial charge >= 0.3 is 5.97 Å². The predicted octanol–water partition coefficient (Wildman–Crippen LogP) is 1.83. The molecule has 15 heavy (non-hydrogen) atoms. The molecule has 0 amide bonds. The molecule has 0 unspecified atom stereocenters. The van der Waals surface area contributed by atoms with Crippen molar-refractivity contribution in [2.24, 2.45) is 0 Å². The van der Waals surface area contributed by atoms with E-state index in [0.717, 1.165) is 5.56 Å². The second-order valence-corrected chi connectivity index (χ2v) is 3.30. The molecule has 76 valence electrons. The van der Waals surface area contributed by atoms with Crippen molar-refractivity contribution in [1.29, 1.82) is 0 Å². The van der Waals surface area contributed by atoms with Gasteiger partial charge in [0.2, 0.25) is 0 Å². The Hall–Kier alpha value is -1.95. The van der Waals surface area contributed by atoms with Gasteiger partial charge in [-0.2, -0.15) is 0 Å². The maximum Gasteiger partial charge on any atom is 0.352 e. The van der Waals surface area contributed by atoms with E-state index in [9.17, 15) is 4.79 Å². The molecule has 0 atom stereocenters. The van der Waals surface area contributed by atoms with Crippen LogP contribution in [-0.2, 0) is 0 Å². The van der Waals surface area contributed by atoms with E-state index in [1.165, 1.54) is 6.07 Å². The minimum Gasteiger partial charge on any atom is -0.477 e. The summed E-state index contributed by atoms with van der Waals surface area (Å²) in [5.74, 6) is -0.610. The van der Waals surface area contributed by atoms with Gasteiger partial charge in [0.25, 0.3) is 0 Å². The van der Waals surface area contributed by atoms with Gasteiger partial charge in [-0.05, 0) is 6.07 Å². The number of nitrogens with zero attached hydrogens (tertiary/aromatic N) is 1. The molecule has 2 aromatic heterocycles. The van der Waals surface area contributed by atoms with Crippen LogP contribution in [0.4, 0.5) is 0 Å². The summed E-state index contributed by atoms with van der Waals surface area (Å²) in [4.78, 5) is 20.3. The number of carbonyl (C=O) groups is 1. The van der Waals surface area contributed by atoms with E-state index in [1.807, 2.05) is 0 Å². The minimum atomic E-state index is -1.06.